The molecular weight excluding hydrogens is 176 g/mol. The van der Waals surface area contributed by atoms with Crippen LogP contribution in [-0.2, 0) is 23.7 Å². The highest BCUT2D eigenvalue weighted by Gasteiger charge is 2.29. The third-order valence-corrected chi connectivity index (χ3v) is 1.64. The minimum Gasteiger partial charge on any atom is -0.469 e. The standard InChI is InChI=1S/C8H16O5/c1-10-5-6(7(9)11-2)8(12-3)13-4/h6,8H,5H2,1-4H3. The van der Waals surface area contributed by atoms with Crippen LogP contribution in [0.3, 0.4) is 0 Å². The molecule has 0 radical (unpaired) electrons. The van der Waals surface area contributed by atoms with Crippen molar-refractivity contribution < 1.29 is 23.7 Å². The molecule has 0 spiro atoms. The molecule has 5 heteroatoms. The fourth-order valence-electron chi connectivity index (χ4n) is 1.01. The van der Waals surface area contributed by atoms with E-state index in [4.69, 9.17) is 14.2 Å². The average Bonchev–Trinajstić information content (AvgIpc) is 2.17. The summed E-state index contributed by atoms with van der Waals surface area (Å²) in [5.74, 6) is -0.958. The molecule has 0 fully saturated rings. The lowest BCUT2D eigenvalue weighted by molar-refractivity contribution is -0.180. The minimum absolute atomic E-state index is 0.207. The van der Waals surface area contributed by atoms with E-state index in [-0.39, 0.29) is 6.61 Å². The number of esters is 1. The summed E-state index contributed by atoms with van der Waals surface area (Å²) in [6, 6.07) is 0. The summed E-state index contributed by atoms with van der Waals surface area (Å²) in [7, 11) is 5.73. The van der Waals surface area contributed by atoms with Crippen LogP contribution in [0.1, 0.15) is 0 Å². The third-order valence-electron chi connectivity index (χ3n) is 1.64. The molecule has 0 heterocycles. The number of carbonyl (C=O) groups is 1. The Morgan fingerprint density at radius 2 is 1.69 bits per heavy atom. The van der Waals surface area contributed by atoms with Gasteiger partial charge in [0.25, 0.3) is 0 Å². The van der Waals surface area contributed by atoms with Crippen LogP contribution in [0.2, 0.25) is 0 Å². The van der Waals surface area contributed by atoms with E-state index in [1.807, 2.05) is 0 Å². The highest BCUT2D eigenvalue weighted by Crippen LogP contribution is 2.10. The Bertz CT molecular complexity index is 143. The highest BCUT2D eigenvalue weighted by molar-refractivity contribution is 5.72. The second-order valence-electron chi connectivity index (χ2n) is 2.42. The number of rotatable bonds is 6. The van der Waals surface area contributed by atoms with Crippen molar-refractivity contribution in [1.82, 2.24) is 0 Å². The maximum Gasteiger partial charge on any atom is 0.316 e. The van der Waals surface area contributed by atoms with Crippen molar-refractivity contribution in [2.45, 2.75) is 6.29 Å². The largest absolute Gasteiger partial charge is 0.469 e. The lowest BCUT2D eigenvalue weighted by Crippen LogP contribution is -2.35. The molecule has 1 unspecified atom stereocenters. The first-order valence-electron chi connectivity index (χ1n) is 3.83. The van der Waals surface area contributed by atoms with Gasteiger partial charge in [0.1, 0.15) is 5.92 Å². The summed E-state index contributed by atoms with van der Waals surface area (Å²) < 4.78 is 19.3. The summed E-state index contributed by atoms with van der Waals surface area (Å²) in [5, 5.41) is 0. The highest BCUT2D eigenvalue weighted by atomic mass is 16.7. The van der Waals surface area contributed by atoms with Gasteiger partial charge in [0, 0.05) is 21.3 Å². The average molecular weight is 192 g/mol. The summed E-state index contributed by atoms with van der Waals surface area (Å²) in [4.78, 5) is 11.2. The lowest BCUT2D eigenvalue weighted by Gasteiger charge is -2.21. The molecule has 0 aromatic carbocycles. The normalized spacial score (nSPS) is 13.0. The van der Waals surface area contributed by atoms with E-state index in [0.717, 1.165) is 0 Å². The van der Waals surface area contributed by atoms with Crippen molar-refractivity contribution in [2.24, 2.45) is 5.92 Å². The molecule has 0 aliphatic heterocycles. The Hall–Kier alpha value is -0.650. The molecule has 0 saturated carbocycles. The predicted octanol–water partition coefficient (Wildman–Crippen LogP) is 0.0409. The van der Waals surface area contributed by atoms with Crippen molar-refractivity contribution in [1.29, 1.82) is 0 Å². The van der Waals surface area contributed by atoms with Gasteiger partial charge in [-0.25, -0.2) is 0 Å². The smallest absolute Gasteiger partial charge is 0.316 e. The maximum absolute atomic E-state index is 11.2. The van der Waals surface area contributed by atoms with E-state index in [1.54, 1.807) is 0 Å². The molecule has 0 amide bonds. The zero-order valence-corrected chi connectivity index (χ0v) is 8.40. The Balaban J connectivity index is 4.28. The second kappa shape index (κ2) is 6.82. The quantitative estimate of drug-likeness (QED) is 0.439. The van der Waals surface area contributed by atoms with Gasteiger partial charge >= 0.3 is 5.97 Å². The summed E-state index contributed by atoms with van der Waals surface area (Å²) in [5.41, 5.74) is 0. The van der Waals surface area contributed by atoms with Crippen LogP contribution in [0.4, 0.5) is 0 Å². The van der Waals surface area contributed by atoms with Gasteiger partial charge in [0.15, 0.2) is 6.29 Å². The van der Waals surface area contributed by atoms with Crippen molar-refractivity contribution in [3.05, 3.63) is 0 Å². The van der Waals surface area contributed by atoms with E-state index in [0.29, 0.717) is 0 Å². The first kappa shape index (κ1) is 12.3. The molecule has 5 nitrogen and oxygen atoms in total. The van der Waals surface area contributed by atoms with Crippen LogP contribution in [0.5, 0.6) is 0 Å². The van der Waals surface area contributed by atoms with Crippen LogP contribution in [0.25, 0.3) is 0 Å². The fourth-order valence-corrected chi connectivity index (χ4v) is 1.01. The molecule has 13 heavy (non-hydrogen) atoms. The van der Waals surface area contributed by atoms with Crippen LogP contribution in [-0.4, -0.2) is 47.3 Å². The van der Waals surface area contributed by atoms with E-state index in [9.17, 15) is 4.79 Å². The molecule has 0 aliphatic rings. The van der Waals surface area contributed by atoms with E-state index >= 15 is 0 Å². The lowest BCUT2D eigenvalue weighted by atomic mass is 10.1. The van der Waals surface area contributed by atoms with Crippen LogP contribution < -0.4 is 0 Å². The molecule has 0 saturated heterocycles. The van der Waals surface area contributed by atoms with Crippen molar-refractivity contribution in [2.75, 3.05) is 35.0 Å². The predicted molar refractivity (Wildman–Crippen MR) is 45.2 cm³/mol. The van der Waals surface area contributed by atoms with Crippen molar-refractivity contribution >= 4 is 5.97 Å². The Kier molecular flexibility index (Phi) is 6.48. The van der Waals surface area contributed by atoms with Gasteiger partial charge in [-0.3, -0.25) is 4.79 Å². The van der Waals surface area contributed by atoms with E-state index in [2.05, 4.69) is 4.74 Å². The number of hydrogen-bond donors (Lipinski definition) is 0. The Morgan fingerprint density at radius 1 is 1.15 bits per heavy atom. The van der Waals surface area contributed by atoms with Crippen LogP contribution in [0, 0.1) is 5.92 Å². The summed E-state index contributed by atoms with van der Waals surface area (Å²) >= 11 is 0. The van der Waals surface area contributed by atoms with Gasteiger partial charge in [0.2, 0.25) is 0 Å². The number of ether oxygens (including phenoxy) is 4. The zero-order valence-electron chi connectivity index (χ0n) is 8.40. The number of methoxy groups -OCH3 is 4. The van der Waals surface area contributed by atoms with Gasteiger partial charge in [0.05, 0.1) is 13.7 Å². The molecule has 0 bridgehead atoms. The molecule has 0 N–H and O–H groups in total. The van der Waals surface area contributed by atoms with Crippen molar-refractivity contribution in [3.63, 3.8) is 0 Å². The molecule has 78 valence electrons. The molecule has 0 aliphatic carbocycles. The fraction of sp³-hybridized carbons (Fsp3) is 0.875. The van der Waals surface area contributed by atoms with Crippen LogP contribution >= 0.6 is 0 Å². The monoisotopic (exact) mass is 192 g/mol. The van der Waals surface area contributed by atoms with Gasteiger partial charge in [-0.2, -0.15) is 0 Å². The summed E-state index contributed by atoms with van der Waals surface area (Å²) in [6.07, 6.45) is -0.632. The Morgan fingerprint density at radius 3 is 2.00 bits per heavy atom. The third kappa shape index (κ3) is 3.71. The number of carbonyl (C=O) groups excluding carboxylic acids is 1. The van der Waals surface area contributed by atoms with Crippen LogP contribution in [0.15, 0.2) is 0 Å². The second-order valence-corrected chi connectivity index (χ2v) is 2.42. The zero-order chi connectivity index (χ0) is 10.3. The molecular formula is C8H16O5. The molecule has 0 rings (SSSR count). The number of hydrogen-bond acceptors (Lipinski definition) is 5. The maximum atomic E-state index is 11.2. The SMILES string of the molecule is COCC(C(=O)OC)C(OC)OC. The van der Waals surface area contributed by atoms with Crippen molar-refractivity contribution in [3.8, 4) is 0 Å². The first-order chi connectivity index (χ1) is 6.21. The van der Waals surface area contributed by atoms with E-state index in [1.165, 1.54) is 28.4 Å². The minimum atomic E-state index is -0.632. The summed E-state index contributed by atoms with van der Waals surface area (Å²) in [6.45, 7) is 0.207. The molecule has 0 aromatic heterocycles. The van der Waals surface area contributed by atoms with E-state index < -0.39 is 18.2 Å². The van der Waals surface area contributed by atoms with Gasteiger partial charge in [-0.15, -0.1) is 0 Å². The topological polar surface area (TPSA) is 54.0 Å². The first-order valence-corrected chi connectivity index (χ1v) is 3.83. The van der Waals surface area contributed by atoms with Gasteiger partial charge in [-0.05, 0) is 0 Å². The van der Waals surface area contributed by atoms with Gasteiger partial charge in [-0.1, -0.05) is 0 Å². The molecule has 0 aromatic rings. The van der Waals surface area contributed by atoms with Gasteiger partial charge < -0.3 is 18.9 Å². The molecule has 1 atom stereocenters. The Labute approximate surface area is 77.9 Å².